The third kappa shape index (κ3) is 8.28. The van der Waals surface area contributed by atoms with Crippen molar-refractivity contribution in [1.82, 2.24) is 9.97 Å². The smallest absolute Gasteiger partial charge is 0.121 e. The number of aromatic nitrogens is 2. The Bertz CT molecular complexity index is 2210. The first-order chi connectivity index (χ1) is 23.2. The van der Waals surface area contributed by atoms with Gasteiger partial charge in [-0.15, -0.1) is 54.1 Å². The average Bonchev–Trinajstić information content (AvgIpc) is 3.46. The van der Waals surface area contributed by atoms with E-state index in [2.05, 4.69) is 116 Å². The van der Waals surface area contributed by atoms with E-state index in [0.29, 0.717) is 0 Å². The van der Waals surface area contributed by atoms with E-state index in [0.717, 1.165) is 55.6 Å². The van der Waals surface area contributed by atoms with Crippen molar-refractivity contribution >= 4 is 48.5 Å². The molecule has 0 aliphatic carbocycles. The van der Waals surface area contributed by atoms with Gasteiger partial charge in [0.25, 0.3) is 0 Å². The Hall–Kier alpha value is -3.94. The summed E-state index contributed by atoms with van der Waals surface area (Å²) in [6, 6.07) is 42.0. The van der Waals surface area contributed by atoms with E-state index in [4.69, 9.17) is 5.79 Å². The molecule has 0 aliphatic heterocycles. The van der Waals surface area contributed by atoms with Crippen LogP contribution in [0.5, 0.6) is 0 Å². The quantitative estimate of drug-likeness (QED) is 0.124. The van der Waals surface area contributed by atoms with Crippen molar-refractivity contribution in [3.8, 4) is 33.6 Å². The first-order valence-corrected chi connectivity index (χ1v) is 23.6. The van der Waals surface area contributed by atoms with E-state index in [1.54, 1.807) is 6.20 Å². The van der Waals surface area contributed by atoms with E-state index in [1.165, 1.54) is 15.9 Å². The van der Waals surface area contributed by atoms with Gasteiger partial charge in [-0.25, -0.2) is 0 Å². The fourth-order valence-electron chi connectivity index (χ4n) is 5.70. The summed E-state index contributed by atoms with van der Waals surface area (Å²) in [5.74, 6) is -0.695. The molecule has 0 amide bonds. The van der Waals surface area contributed by atoms with Crippen LogP contribution in [-0.4, -0.2) is 26.1 Å². The van der Waals surface area contributed by atoms with Crippen LogP contribution in [0.25, 0.3) is 55.6 Å². The Balaban J connectivity index is 0.000000241. The molecule has 0 fully saturated rings. The molecule has 3 aromatic heterocycles. The third-order valence-electron chi connectivity index (χ3n) is 8.73. The van der Waals surface area contributed by atoms with Gasteiger partial charge in [0, 0.05) is 39.3 Å². The van der Waals surface area contributed by atoms with Crippen molar-refractivity contribution in [2.75, 3.05) is 0 Å². The fraction of sp³-hybridized carbons (Fsp3) is 0.209. The van der Waals surface area contributed by atoms with Crippen LogP contribution < -0.4 is 10.4 Å². The summed E-state index contributed by atoms with van der Waals surface area (Å²) in [5.41, 5.74) is 8.56. The molecule has 49 heavy (non-hydrogen) atoms. The molecule has 7 rings (SSSR count). The Morgan fingerprint density at radius 3 is 2.02 bits per heavy atom. The van der Waals surface area contributed by atoms with Crippen LogP contribution in [0, 0.1) is 12.1 Å². The molecule has 0 spiro atoms. The van der Waals surface area contributed by atoms with Gasteiger partial charge in [0.1, 0.15) is 5.58 Å². The van der Waals surface area contributed by atoms with Gasteiger partial charge in [0.05, 0.1) is 21.7 Å². The van der Waals surface area contributed by atoms with Gasteiger partial charge < -0.3 is 14.4 Å². The van der Waals surface area contributed by atoms with Crippen LogP contribution in [0.4, 0.5) is 0 Å². The maximum Gasteiger partial charge on any atom is 0.121 e. The molecule has 0 bridgehead atoms. The van der Waals surface area contributed by atoms with E-state index in [9.17, 15) is 0 Å². The Kier molecular flexibility index (Phi) is 10.6. The zero-order valence-electron chi connectivity index (χ0n) is 30.6. The van der Waals surface area contributed by atoms with Gasteiger partial charge in [-0.1, -0.05) is 129 Å². The third-order valence-corrected chi connectivity index (χ3v) is 12.8. The van der Waals surface area contributed by atoms with Gasteiger partial charge in [-0.05, 0) is 45.7 Å². The van der Waals surface area contributed by atoms with Gasteiger partial charge in [0.15, 0.2) is 0 Å². The van der Waals surface area contributed by atoms with Crippen LogP contribution >= 0.6 is 0 Å². The number of rotatable bonds is 6. The molecule has 0 saturated heterocycles. The standard InChI is InChI=1S/C29H28NOSi.C14H16NSi.Ir/c1-19(2)21-15-16-30-27(17-21)26-8-6-7-25-24-14-11-22(18-28(24)31-29(25)26)20-9-12-23(13-10-20)32(3,4)5;1-16(2,3)13-9-10-14(15-11-13)12-7-5-4-6-8-12;/h6-7,9-19H,1-5H3;4-7,9-11H,1-3H3;/q2*-1;/i19D;;. The molecule has 0 unspecified atom stereocenters. The first kappa shape index (κ1) is 34.9. The minimum atomic E-state index is -1.32. The topological polar surface area (TPSA) is 38.9 Å². The Labute approximate surface area is 308 Å². The molecular formula is C43H44IrN2OSi2-2. The normalized spacial score (nSPS) is 12.2. The molecule has 6 heteroatoms. The molecule has 0 N–H and O–H groups in total. The van der Waals surface area contributed by atoms with Crippen molar-refractivity contribution in [2.45, 2.75) is 59.0 Å². The summed E-state index contributed by atoms with van der Waals surface area (Å²) in [6.07, 6.45) is 3.78. The second-order valence-corrected chi connectivity index (χ2v) is 24.8. The van der Waals surface area contributed by atoms with Crippen molar-refractivity contribution in [2.24, 2.45) is 0 Å². The first-order valence-electron chi connectivity index (χ1n) is 17.1. The second-order valence-electron chi connectivity index (χ2n) is 14.6. The fourth-order valence-corrected chi connectivity index (χ4v) is 7.90. The number of furan rings is 1. The van der Waals surface area contributed by atoms with Crippen molar-refractivity contribution in [3.05, 3.63) is 133 Å². The zero-order chi connectivity index (χ0) is 35.0. The van der Waals surface area contributed by atoms with E-state index in [1.807, 2.05) is 68.6 Å². The van der Waals surface area contributed by atoms with Crippen molar-refractivity contribution in [3.63, 3.8) is 0 Å². The van der Waals surface area contributed by atoms with Gasteiger partial charge >= 0.3 is 0 Å². The average molecular weight is 854 g/mol. The van der Waals surface area contributed by atoms with Crippen molar-refractivity contribution in [1.29, 1.82) is 0 Å². The van der Waals surface area contributed by atoms with Gasteiger partial charge in [-0.2, -0.15) is 0 Å². The number of pyridine rings is 2. The molecule has 0 saturated carbocycles. The van der Waals surface area contributed by atoms with Crippen LogP contribution in [0.15, 0.2) is 120 Å². The number of fused-ring (bicyclic) bond motifs is 3. The van der Waals surface area contributed by atoms with Crippen molar-refractivity contribution < 1.29 is 25.9 Å². The maximum absolute atomic E-state index is 8.38. The zero-order valence-corrected chi connectivity index (χ0v) is 34.0. The van der Waals surface area contributed by atoms with E-state index in [-0.39, 0.29) is 20.1 Å². The molecule has 1 radical (unpaired) electrons. The summed E-state index contributed by atoms with van der Waals surface area (Å²) < 4.78 is 14.8. The SMILES string of the molecule is C[Si](C)(C)c1ccc(-c2[c-]cccc2)nc1.[2H]C(C)(C)c1ccnc(-c2[c-]ccc3c2oc2cc(-c4ccc([Si](C)(C)C)cc4)ccc23)c1.[Ir]. The molecule has 3 heterocycles. The van der Waals surface area contributed by atoms with Gasteiger partial charge in [0.2, 0.25) is 0 Å². The minimum Gasteiger partial charge on any atom is -0.501 e. The van der Waals surface area contributed by atoms with E-state index >= 15 is 0 Å². The predicted molar refractivity (Wildman–Crippen MR) is 210 cm³/mol. The number of nitrogens with zero attached hydrogens (tertiary/aromatic N) is 2. The second kappa shape index (κ2) is 14.9. The summed E-state index contributed by atoms with van der Waals surface area (Å²) in [5, 5.41) is 4.99. The summed E-state index contributed by atoms with van der Waals surface area (Å²) >= 11 is 0. The molecular weight excluding hydrogens is 809 g/mol. The Morgan fingerprint density at radius 2 is 1.39 bits per heavy atom. The largest absolute Gasteiger partial charge is 0.501 e. The molecule has 4 aromatic carbocycles. The summed E-state index contributed by atoms with van der Waals surface area (Å²) in [4.78, 5) is 9.08. The molecule has 251 valence electrons. The Morgan fingerprint density at radius 1 is 0.673 bits per heavy atom. The number of benzene rings is 4. The minimum absolute atomic E-state index is 0. The van der Waals surface area contributed by atoms with Crippen LogP contribution in [0.2, 0.25) is 39.3 Å². The summed E-state index contributed by atoms with van der Waals surface area (Å²) in [7, 11) is -2.55. The monoisotopic (exact) mass is 854 g/mol. The van der Waals surface area contributed by atoms with Crippen LogP contribution in [0.1, 0.15) is 26.7 Å². The van der Waals surface area contributed by atoms with Crippen LogP contribution in [-0.2, 0) is 20.1 Å². The molecule has 0 atom stereocenters. The predicted octanol–water partition coefficient (Wildman–Crippen LogP) is 10.9. The number of hydrogen-bond donors (Lipinski definition) is 0. The van der Waals surface area contributed by atoms with Gasteiger partial charge in [-0.3, -0.25) is 0 Å². The summed E-state index contributed by atoms with van der Waals surface area (Å²) in [6.45, 7) is 17.9. The molecule has 7 aromatic rings. The number of hydrogen-bond acceptors (Lipinski definition) is 3. The molecule has 3 nitrogen and oxygen atoms in total. The molecule has 0 aliphatic rings. The maximum atomic E-state index is 8.38. The van der Waals surface area contributed by atoms with E-state index < -0.39 is 22.0 Å². The van der Waals surface area contributed by atoms with Crippen LogP contribution in [0.3, 0.4) is 0 Å².